The van der Waals surface area contributed by atoms with Crippen molar-refractivity contribution in [1.82, 2.24) is 4.98 Å². The number of nitro benzene ring substituents is 1. The lowest BCUT2D eigenvalue weighted by Crippen LogP contribution is -2.12. The molecule has 1 heterocycles. The molecule has 1 amide bonds. The molecule has 134 valence electrons. The van der Waals surface area contributed by atoms with E-state index in [0.717, 1.165) is 22.1 Å². The summed E-state index contributed by atoms with van der Waals surface area (Å²) in [7, 11) is 1.42. The van der Waals surface area contributed by atoms with Crippen molar-refractivity contribution in [3.63, 3.8) is 0 Å². The third-order valence-electron chi connectivity index (χ3n) is 4.13. The lowest BCUT2D eigenvalue weighted by molar-refractivity contribution is -0.384. The number of thiazole rings is 1. The van der Waals surface area contributed by atoms with Gasteiger partial charge >= 0.3 is 0 Å². The molecule has 0 aliphatic carbocycles. The molecule has 0 aliphatic heterocycles. The zero-order valence-electron chi connectivity index (χ0n) is 14.1. The number of hydrogen-bond acceptors (Lipinski definition) is 6. The van der Waals surface area contributed by atoms with E-state index in [1.165, 1.54) is 19.2 Å². The number of amides is 1. The van der Waals surface area contributed by atoms with Gasteiger partial charge in [-0.1, -0.05) is 47.7 Å². The van der Waals surface area contributed by atoms with Crippen molar-refractivity contribution in [3.05, 3.63) is 70.3 Å². The van der Waals surface area contributed by atoms with E-state index < -0.39 is 4.92 Å². The number of nitro groups is 1. The number of anilines is 1. The average Bonchev–Trinajstić information content (AvgIpc) is 3.08. The summed E-state index contributed by atoms with van der Waals surface area (Å²) < 4.78 is 5.77. The minimum atomic E-state index is -0.490. The van der Waals surface area contributed by atoms with Gasteiger partial charge in [0.25, 0.3) is 11.6 Å². The zero-order chi connectivity index (χ0) is 19.0. The van der Waals surface area contributed by atoms with Crippen molar-refractivity contribution in [2.24, 2.45) is 0 Å². The molecular weight excluding hydrogens is 366 g/mol. The Morgan fingerprint density at radius 3 is 2.74 bits per heavy atom. The molecular formula is C19H13N3O4S. The predicted octanol–water partition coefficient (Wildman–Crippen LogP) is 4.62. The highest BCUT2D eigenvalue weighted by molar-refractivity contribution is 7.22. The van der Waals surface area contributed by atoms with E-state index in [-0.39, 0.29) is 11.6 Å². The molecule has 0 spiro atoms. The van der Waals surface area contributed by atoms with E-state index in [1.807, 2.05) is 36.4 Å². The normalized spacial score (nSPS) is 10.9. The highest BCUT2D eigenvalue weighted by Gasteiger charge is 2.18. The summed E-state index contributed by atoms with van der Waals surface area (Å²) in [5.41, 5.74) is 0.918. The minimum Gasteiger partial charge on any atom is -0.494 e. The van der Waals surface area contributed by atoms with Gasteiger partial charge in [-0.3, -0.25) is 20.2 Å². The first-order chi connectivity index (χ1) is 13.1. The highest BCUT2D eigenvalue weighted by Crippen LogP contribution is 2.36. The maximum absolute atomic E-state index is 12.8. The number of hydrogen-bond donors (Lipinski definition) is 1. The Balaban J connectivity index is 1.72. The second-order valence-electron chi connectivity index (χ2n) is 5.75. The summed E-state index contributed by atoms with van der Waals surface area (Å²) in [6.45, 7) is 0. The number of non-ortho nitro benzene ring substituents is 1. The van der Waals surface area contributed by atoms with Crippen LogP contribution in [0.5, 0.6) is 5.75 Å². The molecule has 0 aliphatic rings. The minimum absolute atomic E-state index is 0.0880. The molecule has 0 unspecified atom stereocenters. The first-order valence-corrected chi connectivity index (χ1v) is 8.80. The van der Waals surface area contributed by atoms with Gasteiger partial charge in [0.1, 0.15) is 5.52 Å². The van der Waals surface area contributed by atoms with Crippen LogP contribution < -0.4 is 10.1 Å². The van der Waals surface area contributed by atoms with Crippen LogP contribution in [-0.2, 0) is 0 Å². The number of aromatic nitrogens is 1. The van der Waals surface area contributed by atoms with E-state index in [1.54, 1.807) is 6.07 Å². The Kier molecular flexibility index (Phi) is 4.17. The number of methoxy groups -OCH3 is 1. The lowest BCUT2D eigenvalue weighted by atomic mass is 10.0. The SMILES string of the molecule is COc1cc([N+](=O)[O-])cc2sc(NC(=O)c3cccc4ccccc34)nc12. The molecule has 1 aromatic heterocycles. The molecule has 0 atom stereocenters. The average molecular weight is 379 g/mol. The standard InChI is InChI=1S/C19H13N3O4S/c1-26-15-9-12(22(24)25)10-16-17(15)20-19(27-16)21-18(23)14-8-4-6-11-5-2-3-7-13(11)14/h2-10H,1H3,(H,20,21,23). The molecule has 27 heavy (non-hydrogen) atoms. The lowest BCUT2D eigenvalue weighted by Gasteiger charge is -2.05. The van der Waals surface area contributed by atoms with Crippen molar-refractivity contribution in [2.45, 2.75) is 0 Å². The first-order valence-electron chi connectivity index (χ1n) is 7.99. The van der Waals surface area contributed by atoms with Crippen molar-refractivity contribution >= 4 is 49.1 Å². The van der Waals surface area contributed by atoms with Crippen LogP contribution >= 0.6 is 11.3 Å². The van der Waals surface area contributed by atoms with Crippen molar-refractivity contribution < 1.29 is 14.5 Å². The summed E-state index contributed by atoms with van der Waals surface area (Å²) in [6.07, 6.45) is 0. The van der Waals surface area contributed by atoms with Gasteiger partial charge in [0.15, 0.2) is 10.9 Å². The van der Waals surface area contributed by atoms with Crippen LogP contribution in [0.1, 0.15) is 10.4 Å². The Labute approximate surface area is 157 Å². The largest absolute Gasteiger partial charge is 0.494 e. The van der Waals surface area contributed by atoms with Crippen LogP contribution in [0.4, 0.5) is 10.8 Å². The Hall–Kier alpha value is -3.52. The quantitative estimate of drug-likeness (QED) is 0.412. The number of fused-ring (bicyclic) bond motifs is 2. The van der Waals surface area contributed by atoms with Gasteiger partial charge in [-0.25, -0.2) is 4.98 Å². The van der Waals surface area contributed by atoms with E-state index in [2.05, 4.69) is 10.3 Å². The van der Waals surface area contributed by atoms with Gasteiger partial charge in [-0.2, -0.15) is 0 Å². The van der Waals surface area contributed by atoms with Crippen LogP contribution in [0.2, 0.25) is 0 Å². The van der Waals surface area contributed by atoms with E-state index in [9.17, 15) is 14.9 Å². The number of benzene rings is 3. The molecule has 4 rings (SSSR count). The topological polar surface area (TPSA) is 94.4 Å². The number of carbonyl (C=O) groups excluding carboxylic acids is 1. The summed E-state index contributed by atoms with van der Waals surface area (Å²) in [4.78, 5) is 27.7. The van der Waals surface area contributed by atoms with Crippen LogP contribution in [0.25, 0.3) is 21.0 Å². The maximum atomic E-state index is 12.8. The zero-order valence-corrected chi connectivity index (χ0v) is 14.9. The van der Waals surface area contributed by atoms with E-state index in [0.29, 0.717) is 26.7 Å². The monoisotopic (exact) mass is 379 g/mol. The molecule has 4 aromatic rings. The predicted molar refractivity (Wildman–Crippen MR) is 105 cm³/mol. The van der Waals surface area contributed by atoms with Gasteiger partial charge in [0, 0.05) is 11.6 Å². The van der Waals surface area contributed by atoms with Crippen molar-refractivity contribution in [1.29, 1.82) is 0 Å². The number of ether oxygens (including phenoxy) is 1. The van der Waals surface area contributed by atoms with Gasteiger partial charge in [0.2, 0.25) is 0 Å². The second-order valence-corrected chi connectivity index (χ2v) is 6.78. The number of nitrogens with zero attached hydrogens (tertiary/aromatic N) is 2. The van der Waals surface area contributed by atoms with Crippen LogP contribution in [-0.4, -0.2) is 22.9 Å². The number of nitrogens with one attached hydrogen (secondary N) is 1. The Morgan fingerprint density at radius 1 is 1.19 bits per heavy atom. The fraction of sp³-hybridized carbons (Fsp3) is 0.0526. The first kappa shape index (κ1) is 16.9. The third kappa shape index (κ3) is 3.06. The Morgan fingerprint density at radius 2 is 1.96 bits per heavy atom. The van der Waals surface area contributed by atoms with Crippen LogP contribution in [0, 0.1) is 10.1 Å². The van der Waals surface area contributed by atoms with E-state index >= 15 is 0 Å². The molecule has 0 bridgehead atoms. The highest BCUT2D eigenvalue weighted by atomic mass is 32.1. The van der Waals surface area contributed by atoms with Crippen molar-refractivity contribution in [3.8, 4) is 5.75 Å². The third-order valence-corrected chi connectivity index (χ3v) is 5.05. The molecule has 8 heteroatoms. The van der Waals surface area contributed by atoms with Gasteiger partial charge in [-0.05, 0) is 16.8 Å². The number of rotatable bonds is 4. The summed E-state index contributed by atoms with van der Waals surface area (Å²) in [5, 5.41) is 16.0. The molecule has 1 N–H and O–H groups in total. The molecule has 3 aromatic carbocycles. The second kappa shape index (κ2) is 6.65. The van der Waals surface area contributed by atoms with Crippen molar-refractivity contribution in [2.75, 3.05) is 12.4 Å². The number of carbonyl (C=O) groups is 1. The van der Waals surface area contributed by atoms with Gasteiger partial charge < -0.3 is 4.74 Å². The summed E-state index contributed by atoms with van der Waals surface area (Å²) >= 11 is 1.16. The summed E-state index contributed by atoms with van der Waals surface area (Å²) in [6, 6.07) is 15.9. The van der Waals surface area contributed by atoms with Gasteiger partial charge in [0.05, 0.1) is 22.8 Å². The summed E-state index contributed by atoms with van der Waals surface area (Å²) in [5.74, 6) is 0.000401. The molecule has 0 radical (unpaired) electrons. The maximum Gasteiger partial charge on any atom is 0.274 e. The van der Waals surface area contributed by atoms with E-state index in [4.69, 9.17) is 4.74 Å². The Bertz CT molecular complexity index is 1200. The fourth-order valence-corrected chi connectivity index (χ4v) is 3.80. The fourth-order valence-electron chi connectivity index (χ4n) is 2.89. The van der Waals surface area contributed by atoms with Crippen LogP contribution in [0.3, 0.4) is 0 Å². The molecule has 0 saturated carbocycles. The smallest absolute Gasteiger partial charge is 0.274 e. The molecule has 0 fully saturated rings. The molecule has 7 nitrogen and oxygen atoms in total. The van der Waals surface area contributed by atoms with Crippen LogP contribution in [0.15, 0.2) is 54.6 Å². The van der Waals surface area contributed by atoms with Gasteiger partial charge in [-0.15, -0.1) is 0 Å². The molecule has 0 saturated heterocycles.